The molecule has 3 rings (SSSR count). The predicted molar refractivity (Wildman–Crippen MR) is 114 cm³/mol. The van der Waals surface area contributed by atoms with E-state index in [1.54, 1.807) is 12.1 Å². The summed E-state index contributed by atoms with van der Waals surface area (Å²) in [6.45, 7) is 1.32. The Kier molecular flexibility index (Phi) is 8.58. The molecule has 0 aliphatic rings. The molecule has 30 heavy (non-hydrogen) atoms. The first kappa shape index (κ1) is 23.6. The van der Waals surface area contributed by atoms with Gasteiger partial charge < -0.3 is 4.74 Å². The summed E-state index contributed by atoms with van der Waals surface area (Å²) in [5, 5.41) is 10.7. The number of rotatable bonds is 5. The van der Waals surface area contributed by atoms with Gasteiger partial charge in [0.15, 0.2) is 0 Å². The topological polar surface area (TPSA) is 122 Å². The molecule has 0 spiro atoms. The SMILES string of the molecule is CC(=O)Nc1cccc([As](=O)(O)OO)c1.COC(=O)c1ccc(-c2ccccc2)s1. The first-order valence-corrected chi connectivity index (χ1v) is 12.7. The van der Waals surface area contributed by atoms with Crippen molar-refractivity contribution in [3.8, 4) is 10.4 Å². The van der Waals surface area contributed by atoms with Crippen LogP contribution in [0.4, 0.5) is 5.69 Å². The Hall–Kier alpha value is -2.68. The molecule has 0 bridgehead atoms. The number of carbonyl (C=O) groups excluding carboxylic acids is 2. The monoisotopic (exact) mass is 493 g/mol. The van der Waals surface area contributed by atoms with Crippen LogP contribution in [0.25, 0.3) is 10.4 Å². The molecule has 0 saturated heterocycles. The van der Waals surface area contributed by atoms with E-state index in [-0.39, 0.29) is 16.2 Å². The molecule has 10 heteroatoms. The van der Waals surface area contributed by atoms with E-state index < -0.39 is 14.2 Å². The molecular formula is C20H20AsNO7S. The van der Waals surface area contributed by atoms with Crippen molar-refractivity contribution >= 4 is 47.4 Å². The van der Waals surface area contributed by atoms with Crippen molar-refractivity contribution in [2.24, 2.45) is 0 Å². The zero-order chi connectivity index (χ0) is 22.1. The quantitative estimate of drug-likeness (QED) is 0.216. The number of amides is 1. The minimum absolute atomic E-state index is 0.0399. The molecule has 1 heterocycles. The summed E-state index contributed by atoms with van der Waals surface area (Å²) >= 11 is -3.38. The van der Waals surface area contributed by atoms with Crippen LogP contribution in [0.1, 0.15) is 16.6 Å². The van der Waals surface area contributed by atoms with E-state index >= 15 is 0 Å². The Labute approximate surface area is 180 Å². The minimum Gasteiger partial charge on any atom is -0.465 e. The second-order valence-corrected chi connectivity index (χ2v) is 10.5. The molecule has 1 unspecified atom stereocenters. The number of carbonyl (C=O) groups is 2. The summed E-state index contributed by atoms with van der Waals surface area (Å²) in [7, 11) is 1.39. The molecule has 1 aromatic heterocycles. The van der Waals surface area contributed by atoms with Gasteiger partial charge in [0, 0.05) is 4.88 Å². The van der Waals surface area contributed by atoms with Gasteiger partial charge in [-0.1, -0.05) is 30.3 Å². The van der Waals surface area contributed by atoms with Crippen molar-refractivity contribution in [3.63, 3.8) is 0 Å². The molecule has 0 fully saturated rings. The third-order valence-electron chi connectivity index (χ3n) is 3.65. The number of nitrogens with one attached hydrogen (secondary N) is 1. The number of hydrogen-bond donors (Lipinski definition) is 3. The molecule has 0 aliphatic carbocycles. The van der Waals surface area contributed by atoms with Gasteiger partial charge in [-0.05, 0) is 17.7 Å². The second kappa shape index (κ2) is 10.9. The molecule has 158 valence electrons. The molecule has 2 aromatic carbocycles. The number of benzene rings is 2. The van der Waals surface area contributed by atoms with Gasteiger partial charge in [0.1, 0.15) is 4.88 Å². The number of anilines is 1. The molecule has 3 aromatic rings. The second-order valence-electron chi connectivity index (χ2n) is 5.86. The summed E-state index contributed by atoms with van der Waals surface area (Å²) in [4.78, 5) is 23.7. The van der Waals surface area contributed by atoms with Gasteiger partial charge in [-0.25, -0.2) is 4.79 Å². The molecule has 0 aliphatic heterocycles. The first-order chi connectivity index (χ1) is 14.3. The zero-order valence-corrected chi connectivity index (χ0v) is 18.8. The smallest absolute Gasteiger partial charge is 0.348 e. The number of methoxy groups -OCH3 is 1. The van der Waals surface area contributed by atoms with E-state index in [9.17, 15) is 17.4 Å². The van der Waals surface area contributed by atoms with Crippen LogP contribution in [-0.2, 0) is 17.1 Å². The van der Waals surface area contributed by atoms with E-state index in [0.29, 0.717) is 10.6 Å². The summed E-state index contributed by atoms with van der Waals surface area (Å²) in [5.41, 5.74) is 1.49. The number of ether oxygens (including phenoxy) is 1. The number of esters is 1. The van der Waals surface area contributed by atoms with Crippen LogP contribution in [0.15, 0.2) is 66.7 Å². The van der Waals surface area contributed by atoms with E-state index in [0.717, 1.165) is 10.4 Å². The van der Waals surface area contributed by atoms with Crippen LogP contribution in [0.5, 0.6) is 0 Å². The fourth-order valence-electron chi connectivity index (χ4n) is 2.32. The van der Waals surface area contributed by atoms with Gasteiger partial charge in [0.25, 0.3) is 0 Å². The van der Waals surface area contributed by atoms with E-state index in [2.05, 4.69) is 13.9 Å². The average Bonchev–Trinajstić information content (AvgIpc) is 3.24. The van der Waals surface area contributed by atoms with Crippen molar-refractivity contribution < 1.29 is 31.3 Å². The van der Waals surface area contributed by atoms with Crippen molar-refractivity contribution in [1.29, 1.82) is 0 Å². The number of hydrogen-bond acceptors (Lipinski definition) is 7. The Morgan fingerprint density at radius 1 is 1.03 bits per heavy atom. The van der Waals surface area contributed by atoms with Crippen LogP contribution in [0, 0.1) is 0 Å². The molecule has 0 radical (unpaired) electrons. The zero-order valence-electron chi connectivity index (χ0n) is 16.1. The molecular weight excluding hydrogens is 473 g/mol. The molecule has 0 saturated carbocycles. The summed E-state index contributed by atoms with van der Waals surface area (Å²) in [6, 6.07) is 19.3. The Morgan fingerprint density at radius 3 is 2.33 bits per heavy atom. The third-order valence-corrected chi connectivity index (χ3v) is 7.19. The fraction of sp³-hybridized carbons (Fsp3) is 0.100. The van der Waals surface area contributed by atoms with Crippen LogP contribution in [0.2, 0.25) is 0 Å². The van der Waals surface area contributed by atoms with Crippen LogP contribution >= 0.6 is 11.3 Å². The largest absolute Gasteiger partial charge is 0.465 e. The third kappa shape index (κ3) is 6.69. The van der Waals surface area contributed by atoms with Crippen LogP contribution in [0.3, 0.4) is 0 Å². The van der Waals surface area contributed by atoms with Gasteiger partial charge in [-0.2, -0.15) is 0 Å². The van der Waals surface area contributed by atoms with Gasteiger partial charge in [-0.15, -0.1) is 11.3 Å². The van der Waals surface area contributed by atoms with Gasteiger partial charge >= 0.3 is 94.4 Å². The minimum atomic E-state index is -4.83. The Morgan fingerprint density at radius 2 is 1.73 bits per heavy atom. The van der Waals surface area contributed by atoms with E-state index in [1.807, 2.05) is 36.4 Å². The van der Waals surface area contributed by atoms with Gasteiger partial charge in [-0.3, -0.25) is 0 Å². The summed E-state index contributed by atoms with van der Waals surface area (Å²) < 4.78 is 28.6. The molecule has 8 nitrogen and oxygen atoms in total. The predicted octanol–water partition coefficient (Wildman–Crippen LogP) is 2.91. The van der Waals surface area contributed by atoms with Crippen LogP contribution in [-0.4, -0.2) is 42.5 Å². The van der Waals surface area contributed by atoms with E-state index in [1.165, 1.54) is 43.6 Å². The van der Waals surface area contributed by atoms with E-state index in [4.69, 9.17) is 5.26 Å². The number of thiophene rings is 1. The maximum absolute atomic E-state index is 11.3. The molecule has 1 atom stereocenters. The standard InChI is InChI=1S/C12H10O2S.C8H10AsNO5/c1-14-12(13)11-8-7-10(15-11)9-5-3-2-4-6-9;1-6(11)10-8-4-2-3-7(5-8)9(12,13)15-14/h2-8H,1H3;2-5,14H,1H3,(H,10,11)(H,12,13). The summed E-state index contributed by atoms with van der Waals surface area (Å²) in [6.07, 6.45) is 0. The van der Waals surface area contributed by atoms with Crippen molar-refractivity contribution in [3.05, 3.63) is 71.6 Å². The average molecular weight is 493 g/mol. The maximum atomic E-state index is 11.3. The van der Waals surface area contributed by atoms with Crippen molar-refractivity contribution in [2.45, 2.75) is 6.92 Å². The summed E-state index contributed by atoms with van der Waals surface area (Å²) in [5.74, 6) is -0.570. The van der Waals surface area contributed by atoms with Crippen molar-refractivity contribution in [1.82, 2.24) is 0 Å². The van der Waals surface area contributed by atoms with Gasteiger partial charge in [0.2, 0.25) is 0 Å². The molecule has 3 N–H and O–H groups in total. The Bertz CT molecular complexity index is 1050. The molecule has 1 amide bonds. The fourth-order valence-corrected chi connectivity index (χ4v) is 4.65. The maximum Gasteiger partial charge on any atom is 0.348 e. The Balaban J connectivity index is 0.000000214. The van der Waals surface area contributed by atoms with Crippen LogP contribution < -0.4 is 9.67 Å². The van der Waals surface area contributed by atoms with Gasteiger partial charge in [0.05, 0.1) is 7.11 Å². The first-order valence-electron chi connectivity index (χ1n) is 8.54. The normalized spacial score (nSPS) is 12.1. The van der Waals surface area contributed by atoms with Crippen molar-refractivity contribution in [2.75, 3.05) is 12.4 Å².